The van der Waals surface area contributed by atoms with Gasteiger partial charge in [-0.05, 0) is 43.5 Å². The van der Waals surface area contributed by atoms with Gasteiger partial charge in [0, 0.05) is 5.02 Å². The standard InChI is InChI=1S/C13H11ClN4/c1-7-15-13-12(8-2-3-8)16-10-5-4-9(14)6-11(10)18(13)17-7/h4-6,16H,2-3H2,1H3. The normalized spacial score (nSPS) is 16.1. The predicted octanol–water partition coefficient (Wildman–Crippen LogP) is 3.16. The molecule has 2 aromatic rings. The van der Waals surface area contributed by atoms with Crippen LogP contribution in [0.25, 0.3) is 11.4 Å². The van der Waals surface area contributed by atoms with Crippen molar-refractivity contribution >= 4 is 23.0 Å². The van der Waals surface area contributed by atoms with Crippen LogP contribution >= 0.6 is 11.6 Å². The van der Waals surface area contributed by atoms with Crippen molar-refractivity contribution in [3.05, 3.63) is 40.4 Å². The van der Waals surface area contributed by atoms with Crippen molar-refractivity contribution in [3.63, 3.8) is 0 Å². The van der Waals surface area contributed by atoms with E-state index in [9.17, 15) is 0 Å². The van der Waals surface area contributed by atoms with Gasteiger partial charge in [-0.1, -0.05) is 11.6 Å². The molecule has 0 spiro atoms. The lowest BCUT2D eigenvalue weighted by Crippen LogP contribution is -2.15. The van der Waals surface area contributed by atoms with Crippen molar-refractivity contribution in [1.29, 1.82) is 0 Å². The molecule has 0 atom stereocenters. The van der Waals surface area contributed by atoms with E-state index in [1.54, 1.807) is 0 Å². The third-order valence-electron chi connectivity index (χ3n) is 3.24. The van der Waals surface area contributed by atoms with Gasteiger partial charge in [0.05, 0.1) is 17.1 Å². The monoisotopic (exact) mass is 258 g/mol. The summed E-state index contributed by atoms with van der Waals surface area (Å²) in [4.78, 5) is 4.51. The number of rotatable bonds is 0. The van der Waals surface area contributed by atoms with Crippen LogP contribution in [0.2, 0.25) is 5.02 Å². The van der Waals surface area contributed by atoms with Crippen molar-refractivity contribution < 1.29 is 0 Å². The van der Waals surface area contributed by atoms with Crippen LogP contribution in [0.4, 0.5) is 5.69 Å². The van der Waals surface area contributed by atoms with Crippen LogP contribution < -0.4 is 5.32 Å². The van der Waals surface area contributed by atoms with Gasteiger partial charge < -0.3 is 5.32 Å². The highest BCUT2D eigenvalue weighted by Crippen LogP contribution is 2.41. The largest absolute Gasteiger partial charge is 0.351 e. The second kappa shape index (κ2) is 3.36. The smallest absolute Gasteiger partial charge is 0.179 e. The molecule has 4 rings (SSSR count). The van der Waals surface area contributed by atoms with Crippen LogP contribution in [0.15, 0.2) is 23.8 Å². The third-order valence-corrected chi connectivity index (χ3v) is 3.47. The summed E-state index contributed by atoms with van der Waals surface area (Å²) in [5.74, 6) is 1.67. The molecular weight excluding hydrogens is 248 g/mol. The topological polar surface area (TPSA) is 42.7 Å². The van der Waals surface area contributed by atoms with Gasteiger partial charge in [0.2, 0.25) is 0 Å². The Morgan fingerprint density at radius 3 is 2.94 bits per heavy atom. The first-order valence-corrected chi connectivity index (χ1v) is 6.33. The maximum absolute atomic E-state index is 6.06. The minimum Gasteiger partial charge on any atom is -0.351 e. The summed E-state index contributed by atoms with van der Waals surface area (Å²) < 4.78 is 1.88. The van der Waals surface area contributed by atoms with Gasteiger partial charge in [0.1, 0.15) is 5.82 Å². The lowest BCUT2D eigenvalue weighted by atomic mass is 10.2. The SMILES string of the molecule is Cc1nc2n(n1)-c1cc(Cl)ccc1NC2=C1CC1. The maximum Gasteiger partial charge on any atom is 0.179 e. The molecule has 4 nitrogen and oxygen atoms in total. The summed E-state index contributed by atoms with van der Waals surface area (Å²) in [6.07, 6.45) is 2.30. The lowest BCUT2D eigenvalue weighted by Gasteiger charge is -2.21. The molecule has 0 radical (unpaired) electrons. The van der Waals surface area contributed by atoms with Crippen molar-refractivity contribution in [2.45, 2.75) is 19.8 Å². The number of nitrogens with one attached hydrogen (secondary N) is 1. The fourth-order valence-corrected chi connectivity index (χ4v) is 2.45. The minimum absolute atomic E-state index is 0.706. The van der Waals surface area contributed by atoms with Crippen LogP contribution in [0.1, 0.15) is 24.5 Å². The molecule has 18 heavy (non-hydrogen) atoms. The zero-order chi connectivity index (χ0) is 12.3. The highest BCUT2D eigenvalue weighted by Gasteiger charge is 2.28. The molecule has 2 aliphatic rings. The van der Waals surface area contributed by atoms with Gasteiger partial charge in [-0.15, -0.1) is 0 Å². The number of benzene rings is 1. The molecule has 1 N–H and O–H groups in total. The minimum atomic E-state index is 0.706. The van der Waals surface area contributed by atoms with Crippen LogP contribution in [-0.4, -0.2) is 14.8 Å². The number of halogens is 1. The second-order valence-corrected chi connectivity index (χ2v) is 5.10. The molecule has 1 aromatic carbocycles. The van der Waals surface area contributed by atoms with Gasteiger partial charge in [0.15, 0.2) is 5.82 Å². The highest BCUT2D eigenvalue weighted by molar-refractivity contribution is 6.30. The molecule has 1 fully saturated rings. The van der Waals surface area contributed by atoms with E-state index < -0.39 is 0 Å². The molecular formula is C13H11ClN4. The number of nitrogens with zero attached hydrogens (tertiary/aromatic N) is 3. The third kappa shape index (κ3) is 1.39. The van der Waals surface area contributed by atoms with E-state index in [2.05, 4.69) is 15.4 Å². The summed E-state index contributed by atoms with van der Waals surface area (Å²) in [6, 6.07) is 5.79. The number of fused-ring (bicyclic) bond motifs is 3. The molecule has 5 heteroatoms. The van der Waals surface area contributed by atoms with Gasteiger partial charge >= 0.3 is 0 Å². The van der Waals surface area contributed by atoms with Crippen LogP contribution in [0.5, 0.6) is 0 Å². The van der Waals surface area contributed by atoms with E-state index in [1.807, 2.05) is 29.8 Å². The Kier molecular flexibility index (Phi) is 1.89. The number of hydrogen-bond donors (Lipinski definition) is 1. The summed E-state index contributed by atoms with van der Waals surface area (Å²) >= 11 is 6.06. The quantitative estimate of drug-likeness (QED) is 0.789. The van der Waals surface area contributed by atoms with E-state index in [0.717, 1.165) is 41.6 Å². The van der Waals surface area contributed by atoms with Gasteiger partial charge in [-0.3, -0.25) is 0 Å². The number of hydrogen-bond acceptors (Lipinski definition) is 3. The van der Waals surface area contributed by atoms with E-state index in [-0.39, 0.29) is 0 Å². The van der Waals surface area contributed by atoms with E-state index >= 15 is 0 Å². The average Bonchev–Trinajstić information content (AvgIpc) is 3.10. The van der Waals surface area contributed by atoms with Crippen molar-refractivity contribution in [1.82, 2.24) is 14.8 Å². The van der Waals surface area contributed by atoms with Gasteiger partial charge in [0.25, 0.3) is 0 Å². The number of anilines is 1. The lowest BCUT2D eigenvalue weighted by molar-refractivity contribution is 0.843. The van der Waals surface area contributed by atoms with Crippen LogP contribution in [-0.2, 0) is 0 Å². The first kappa shape index (κ1) is 10.1. The molecule has 1 aliphatic heterocycles. The predicted molar refractivity (Wildman–Crippen MR) is 70.9 cm³/mol. The maximum atomic E-state index is 6.06. The van der Waals surface area contributed by atoms with E-state index in [4.69, 9.17) is 11.6 Å². The molecule has 0 unspecified atom stereocenters. The Bertz CT molecular complexity index is 693. The fraction of sp³-hybridized carbons (Fsp3) is 0.231. The molecule has 0 bridgehead atoms. The molecule has 1 saturated carbocycles. The zero-order valence-electron chi connectivity index (χ0n) is 9.87. The molecule has 90 valence electrons. The average molecular weight is 259 g/mol. The molecule has 0 amide bonds. The molecule has 1 aliphatic carbocycles. The number of aryl methyl sites for hydroxylation is 1. The Morgan fingerprint density at radius 1 is 1.33 bits per heavy atom. The first-order chi connectivity index (χ1) is 8.72. The fourth-order valence-electron chi connectivity index (χ4n) is 2.28. The molecule has 1 aromatic heterocycles. The van der Waals surface area contributed by atoms with Crippen LogP contribution in [0.3, 0.4) is 0 Å². The van der Waals surface area contributed by atoms with E-state index in [0.29, 0.717) is 5.02 Å². The Labute approximate surface area is 109 Å². The molecule has 0 saturated heterocycles. The van der Waals surface area contributed by atoms with Crippen LogP contribution in [0, 0.1) is 6.92 Å². The second-order valence-electron chi connectivity index (χ2n) is 4.66. The highest BCUT2D eigenvalue weighted by atomic mass is 35.5. The van der Waals surface area contributed by atoms with Gasteiger partial charge in [-0.2, -0.15) is 5.10 Å². The first-order valence-electron chi connectivity index (χ1n) is 5.95. The summed E-state index contributed by atoms with van der Waals surface area (Å²) in [5.41, 5.74) is 4.53. The van der Waals surface area contributed by atoms with E-state index in [1.165, 1.54) is 5.57 Å². The summed E-state index contributed by atoms with van der Waals surface area (Å²) in [7, 11) is 0. The van der Waals surface area contributed by atoms with Gasteiger partial charge in [-0.25, -0.2) is 9.67 Å². The summed E-state index contributed by atoms with van der Waals surface area (Å²) in [6.45, 7) is 1.91. The van der Waals surface area contributed by atoms with Crippen molar-refractivity contribution in [2.24, 2.45) is 0 Å². The zero-order valence-corrected chi connectivity index (χ0v) is 10.6. The molecule has 2 heterocycles. The Morgan fingerprint density at radius 2 is 2.17 bits per heavy atom. The number of aromatic nitrogens is 3. The Hall–Kier alpha value is -1.81. The Balaban J connectivity index is 2.03. The number of allylic oxidation sites excluding steroid dienone is 1. The summed E-state index contributed by atoms with van der Waals surface area (Å²) in [5, 5.41) is 8.63. The van der Waals surface area contributed by atoms with Crippen molar-refractivity contribution in [2.75, 3.05) is 5.32 Å². The van der Waals surface area contributed by atoms with Crippen molar-refractivity contribution in [3.8, 4) is 5.69 Å².